The summed E-state index contributed by atoms with van der Waals surface area (Å²) in [5.41, 5.74) is 13.2. The fourth-order valence-corrected chi connectivity index (χ4v) is 8.24. The van der Waals surface area contributed by atoms with E-state index < -0.39 is 0 Å². The minimum absolute atomic E-state index is 0.638. The third kappa shape index (κ3) is 5.94. The molecule has 0 amide bonds. The molecule has 0 aliphatic carbocycles. The maximum atomic E-state index is 6.34. The van der Waals surface area contributed by atoms with Crippen molar-refractivity contribution in [2.45, 2.75) is 0 Å². The van der Waals surface area contributed by atoms with Crippen molar-refractivity contribution in [2.75, 3.05) is 0 Å². The fourth-order valence-electron chi connectivity index (χ4n) is 8.24. The summed E-state index contributed by atoms with van der Waals surface area (Å²) in [4.78, 5) is 10.6. The molecule has 9 aromatic carbocycles. The smallest absolute Gasteiger partial charge is 0.160 e. The van der Waals surface area contributed by atoms with E-state index in [2.05, 4.69) is 182 Å². The van der Waals surface area contributed by atoms with Crippen molar-refractivity contribution >= 4 is 43.5 Å². The Morgan fingerprint density at radius 3 is 1.46 bits per heavy atom. The van der Waals surface area contributed by atoms with Crippen LogP contribution in [0.5, 0.6) is 0 Å². The van der Waals surface area contributed by atoms with Crippen molar-refractivity contribution < 1.29 is 4.42 Å². The van der Waals surface area contributed by atoms with E-state index in [4.69, 9.17) is 14.4 Å². The number of benzene rings is 9. The van der Waals surface area contributed by atoms with Gasteiger partial charge in [0.05, 0.1) is 11.4 Å². The van der Waals surface area contributed by atoms with Crippen LogP contribution in [0.4, 0.5) is 0 Å². The van der Waals surface area contributed by atoms with Crippen LogP contribution in [0.3, 0.4) is 0 Å². The predicted octanol–water partition coefficient (Wildman–Crippen LogP) is 14.7. The first kappa shape index (κ1) is 32.8. The molecule has 0 N–H and O–H groups in total. The van der Waals surface area contributed by atoms with Gasteiger partial charge in [0.1, 0.15) is 11.2 Å². The van der Waals surface area contributed by atoms with Crippen LogP contribution in [0, 0.1) is 0 Å². The number of hydrogen-bond donors (Lipinski definition) is 0. The molecule has 57 heavy (non-hydrogen) atoms. The molecule has 0 spiro atoms. The molecule has 0 unspecified atom stereocenters. The summed E-state index contributed by atoms with van der Waals surface area (Å²) in [6, 6.07) is 73.0. The van der Waals surface area contributed by atoms with Gasteiger partial charge in [-0.25, -0.2) is 9.97 Å². The lowest BCUT2D eigenvalue weighted by molar-refractivity contribution is 0.669. The zero-order valence-corrected chi connectivity index (χ0v) is 30.9. The van der Waals surface area contributed by atoms with Gasteiger partial charge in [0, 0.05) is 27.5 Å². The number of rotatable bonds is 6. The van der Waals surface area contributed by atoms with Gasteiger partial charge in [0.15, 0.2) is 5.82 Å². The van der Waals surface area contributed by atoms with Crippen LogP contribution >= 0.6 is 0 Å². The summed E-state index contributed by atoms with van der Waals surface area (Å²) in [5.74, 6) is 0.638. The highest BCUT2D eigenvalue weighted by Crippen LogP contribution is 2.39. The molecular weight excluding hydrogens is 693 g/mol. The van der Waals surface area contributed by atoms with Gasteiger partial charge in [-0.05, 0) is 97.4 Å². The number of nitrogens with zero attached hydrogens (tertiary/aromatic N) is 2. The van der Waals surface area contributed by atoms with E-state index in [1.54, 1.807) is 0 Å². The van der Waals surface area contributed by atoms with Gasteiger partial charge < -0.3 is 4.42 Å². The highest BCUT2D eigenvalue weighted by Gasteiger charge is 2.17. The Kier molecular flexibility index (Phi) is 7.82. The van der Waals surface area contributed by atoms with E-state index in [0.29, 0.717) is 5.82 Å². The van der Waals surface area contributed by atoms with Crippen molar-refractivity contribution in [3.05, 3.63) is 206 Å². The molecule has 0 saturated heterocycles. The SMILES string of the molecule is c1ccc(-c2ccc(-c3cc(-c4cc(-c5cccc6ccccc56)cc(-c5cccc6ccccc56)c4)nc(-c4ccc5c(c4)oc4ccccc45)n3)cc2)cc1. The molecule has 2 heterocycles. The molecule has 0 bridgehead atoms. The fraction of sp³-hybridized carbons (Fsp3) is 0. The van der Waals surface area contributed by atoms with Gasteiger partial charge in [-0.1, -0.05) is 164 Å². The second-order valence-corrected chi connectivity index (χ2v) is 14.6. The van der Waals surface area contributed by atoms with Gasteiger partial charge >= 0.3 is 0 Å². The van der Waals surface area contributed by atoms with E-state index in [1.807, 2.05) is 24.3 Å². The number of furan rings is 1. The van der Waals surface area contributed by atoms with E-state index >= 15 is 0 Å². The molecular formula is C54H34N2O. The van der Waals surface area contributed by atoms with Crippen molar-refractivity contribution in [3.63, 3.8) is 0 Å². The first-order valence-electron chi connectivity index (χ1n) is 19.3. The largest absolute Gasteiger partial charge is 0.456 e. The van der Waals surface area contributed by atoms with E-state index in [0.717, 1.165) is 66.7 Å². The van der Waals surface area contributed by atoms with Crippen LogP contribution < -0.4 is 0 Å². The number of fused-ring (bicyclic) bond motifs is 5. The number of para-hydroxylation sites is 1. The second kappa shape index (κ2) is 13.6. The van der Waals surface area contributed by atoms with Gasteiger partial charge in [-0.15, -0.1) is 0 Å². The first-order chi connectivity index (χ1) is 28.2. The third-order valence-electron chi connectivity index (χ3n) is 11.1. The van der Waals surface area contributed by atoms with Gasteiger partial charge in [-0.3, -0.25) is 0 Å². The number of aromatic nitrogens is 2. The summed E-state index contributed by atoms with van der Waals surface area (Å²) in [5, 5.41) is 7.01. The molecule has 2 aromatic heterocycles. The molecule has 0 radical (unpaired) electrons. The van der Waals surface area contributed by atoms with Crippen molar-refractivity contribution in [2.24, 2.45) is 0 Å². The van der Waals surface area contributed by atoms with E-state index in [9.17, 15) is 0 Å². The third-order valence-corrected chi connectivity index (χ3v) is 11.1. The maximum absolute atomic E-state index is 6.34. The predicted molar refractivity (Wildman–Crippen MR) is 237 cm³/mol. The Morgan fingerprint density at radius 2 is 0.772 bits per heavy atom. The van der Waals surface area contributed by atoms with Gasteiger partial charge in [0.2, 0.25) is 0 Å². The van der Waals surface area contributed by atoms with Crippen molar-refractivity contribution in [1.29, 1.82) is 0 Å². The Labute approximate surface area is 330 Å². The maximum Gasteiger partial charge on any atom is 0.160 e. The zero-order chi connectivity index (χ0) is 37.7. The molecule has 0 atom stereocenters. The summed E-state index contributed by atoms with van der Waals surface area (Å²) < 4.78 is 6.34. The molecule has 11 rings (SSSR count). The highest BCUT2D eigenvalue weighted by molar-refractivity contribution is 6.06. The zero-order valence-electron chi connectivity index (χ0n) is 30.9. The van der Waals surface area contributed by atoms with E-state index in [-0.39, 0.29) is 0 Å². The Morgan fingerprint density at radius 1 is 0.281 bits per heavy atom. The van der Waals surface area contributed by atoms with E-state index in [1.165, 1.54) is 38.2 Å². The molecule has 0 saturated carbocycles. The van der Waals surface area contributed by atoms with Crippen LogP contribution in [0.1, 0.15) is 0 Å². The quantitative estimate of drug-likeness (QED) is 0.171. The molecule has 0 aliphatic heterocycles. The van der Waals surface area contributed by atoms with Crippen LogP contribution in [-0.4, -0.2) is 9.97 Å². The van der Waals surface area contributed by atoms with Crippen molar-refractivity contribution in [1.82, 2.24) is 9.97 Å². The summed E-state index contributed by atoms with van der Waals surface area (Å²) in [6.45, 7) is 0. The average molecular weight is 727 g/mol. The van der Waals surface area contributed by atoms with Gasteiger partial charge in [0.25, 0.3) is 0 Å². The minimum atomic E-state index is 0.638. The first-order valence-corrected chi connectivity index (χ1v) is 19.3. The molecule has 266 valence electrons. The van der Waals surface area contributed by atoms with Crippen molar-refractivity contribution in [3.8, 4) is 67.3 Å². The summed E-state index contributed by atoms with van der Waals surface area (Å²) >= 11 is 0. The Bertz CT molecular complexity index is 3180. The van der Waals surface area contributed by atoms with Crippen LogP contribution in [-0.2, 0) is 0 Å². The highest BCUT2D eigenvalue weighted by atomic mass is 16.3. The van der Waals surface area contributed by atoms with Crippen LogP contribution in [0.15, 0.2) is 211 Å². The van der Waals surface area contributed by atoms with Crippen LogP contribution in [0.25, 0.3) is 111 Å². The lowest BCUT2D eigenvalue weighted by Gasteiger charge is -2.15. The molecule has 0 fully saturated rings. The lowest BCUT2D eigenvalue weighted by atomic mass is 9.90. The van der Waals surface area contributed by atoms with Gasteiger partial charge in [-0.2, -0.15) is 0 Å². The second-order valence-electron chi connectivity index (χ2n) is 14.6. The summed E-state index contributed by atoms with van der Waals surface area (Å²) in [6.07, 6.45) is 0. The minimum Gasteiger partial charge on any atom is -0.456 e. The molecule has 3 nitrogen and oxygen atoms in total. The summed E-state index contributed by atoms with van der Waals surface area (Å²) in [7, 11) is 0. The standard InChI is InChI=1S/C54H34N2O/c1-2-12-35(13-3-1)36-24-26-39(27-25-36)50-34-51(56-54(55-50)40-28-29-49-48-20-8-9-23-52(48)57-53(49)33-40)43-31-41(46-21-10-16-37-14-4-6-18-44(37)46)30-42(32-43)47-22-11-17-38-15-5-7-19-45(38)47/h1-34H. The normalized spacial score (nSPS) is 11.5. The topological polar surface area (TPSA) is 38.9 Å². The molecule has 11 aromatic rings. The lowest BCUT2D eigenvalue weighted by Crippen LogP contribution is -1.97. The monoisotopic (exact) mass is 726 g/mol. The van der Waals surface area contributed by atoms with Crippen LogP contribution in [0.2, 0.25) is 0 Å². The molecule has 3 heteroatoms. The average Bonchev–Trinajstić information content (AvgIpc) is 3.67. The Balaban J connectivity index is 1.14. The number of hydrogen-bond acceptors (Lipinski definition) is 3. The molecule has 0 aliphatic rings. The Hall–Kier alpha value is -7.62.